The zero-order valence-corrected chi connectivity index (χ0v) is 10.6. The van der Waals surface area contributed by atoms with E-state index in [-0.39, 0.29) is 17.9 Å². The van der Waals surface area contributed by atoms with Crippen LogP contribution in [0.25, 0.3) is 0 Å². The molecular formula is C12H13NO4S. The van der Waals surface area contributed by atoms with Crippen LogP contribution in [-0.4, -0.2) is 30.0 Å². The highest BCUT2D eigenvalue weighted by Crippen LogP contribution is 2.29. The number of para-hydroxylation sites is 1. The van der Waals surface area contributed by atoms with Crippen LogP contribution >= 0.6 is 11.8 Å². The number of thioether (sulfide) groups is 1. The summed E-state index contributed by atoms with van der Waals surface area (Å²) in [6, 6.07) is 4.76. The minimum Gasteiger partial charge on any atom is -0.478 e. The molecule has 6 heteroatoms. The Morgan fingerprint density at radius 2 is 2.28 bits per heavy atom. The molecule has 0 bridgehead atoms. The molecule has 0 spiro atoms. The number of carboxylic acid groups (broad SMARTS) is 1. The van der Waals surface area contributed by atoms with E-state index in [2.05, 4.69) is 11.9 Å². The van der Waals surface area contributed by atoms with E-state index in [1.165, 1.54) is 23.9 Å². The van der Waals surface area contributed by atoms with Crippen LogP contribution in [0.1, 0.15) is 10.4 Å². The van der Waals surface area contributed by atoms with E-state index in [9.17, 15) is 9.59 Å². The predicted molar refractivity (Wildman–Crippen MR) is 70.4 cm³/mol. The highest BCUT2D eigenvalue weighted by Gasteiger charge is 2.16. The topological polar surface area (TPSA) is 75.6 Å². The van der Waals surface area contributed by atoms with Gasteiger partial charge in [-0.2, -0.15) is 0 Å². The first kappa shape index (κ1) is 14.1. The summed E-state index contributed by atoms with van der Waals surface area (Å²) < 4.78 is 4.76. The lowest BCUT2D eigenvalue weighted by molar-refractivity contribution is 0.0698. The molecule has 0 fully saturated rings. The van der Waals surface area contributed by atoms with Gasteiger partial charge in [0.25, 0.3) is 0 Å². The third-order valence-electron chi connectivity index (χ3n) is 2.04. The average molecular weight is 267 g/mol. The normalized spacial score (nSPS) is 9.61. The Hall–Kier alpha value is -1.95. The van der Waals surface area contributed by atoms with Crippen molar-refractivity contribution in [2.24, 2.45) is 0 Å². The lowest BCUT2D eigenvalue weighted by Gasteiger charge is -2.12. The molecule has 0 saturated carbocycles. The van der Waals surface area contributed by atoms with Crippen molar-refractivity contribution in [3.05, 3.63) is 36.4 Å². The van der Waals surface area contributed by atoms with Gasteiger partial charge in [-0.25, -0.2) is 9.59 Å². The molecule has 0 atom stereocenters. The third-order valence-corrected chi connectivity index (χ3v) is 2.82. The minimum atomic E-state index is -1.11. The van der Waals surface area contributed by atoms with Crippen LogP contribution in [0.4, 0.5) is 10.5 Å². The second-order valence-electron chi connectivity index (χ2n) is 3.20. The van der Waals surface area contributed by atoms with Crippen LogP contribution in [-0.2, 0) is 4.74 Å². The van der Waals surface area contributed by atoms with Gasteiger partial charge in [-0.05, 0) is 18.4 Å². The van der Waals surface area contributed by atoms with Gasteiger partial charge in [0.2, 0.25) is 0 Å². The van der Waals surface area contributed by atoms with Gasteiger partial charge in [-0.3, -0.25) is 5.32 Å². The number of hydrogen-bond donors (Lipinski definition) is 2. The van der Waals surface area contributed by atoms with Crippen LogP contribution in [0, 0.1) is 0 Å². The van der Waals surface area contributed by atoms with E-state index in [0.717, 1.165) is 0 Å². The third kappa shape index (κ3) is 3.53. The molecule has 0 aliphatic heterocycles. The smallest absolute Gasteiger partial charge is 0.411 e. The molecule has 1 rings (SSSR count). The summed E-state index contributed by atoms with van der Waals surface area (Å²) in [6.45, 7) is 3.48. The van der Waals surface area contributed by atoms with Crippen molar-refractivity contribution in [2.75, 3.05) is 18.2 Å². The summed E-state index contributed by atoms with van der Waals surface area (Å²) in [5.41, 5.74) is 0.268. The summed E-state index contributed by atoms with van der Waals surface area (Å²) in [5, 5.41) is 11.5. The molecule has 1 aromatic carbocycles. The summed E-state index contributed by atoms with van der Waals surface area (Å²) in [4.78, 5) is 23.2. The number of aromatic carboxylic acids is 1. The molecule has 2 N–H and O–H groups in total. The molecule has 0 heterocycles. The molecule has 0 saturated heterocycles. The lowest BCUT2D eigenvalue weighted by atomic mass is 10.2. The fourth-order valence-electron chi connectivity index (χ4n) is 1.28. The fourth-order valence-corrected chi connectivity index (χ4v) is 1.86. The Morgan fingerprint density at radius 3 is 2.83 bits per heavy atom. The number of ether oxygens (including phenoxy) is 1. The summed E-state index contributed by atoms with van der Waals surface area (Å²) in [5.74, 6) is -1.11. The number of hydrogen-bond acceptors (Lipinski definition) is 4. The maximum absolute atomic E-state index is 11.4. The lowest BCUT2D eigenvalue weighted by Crippen LogP contribution is -2.16. The van der Waals surface area contributed by atoms with Crippen LogP contribution in [0.2, 0.25) is 0 Å². The molecule has 0 unspecified atom stereocenters. The van der Waals surface area contributed by atoms with Crippen LogP contribution in [0.5, 0.6) is 0 Å². The van der Waals surface area contributed by atoms with Crippen molar-refractivity contribution < 1.29 is 19.4 Å². The summed E-state index contributed by atoms with van der Waals surface area (Å²) >= 11 is 1.34. The molecule has 0 aliphatic carbocycles. The monoisotopic (exact) mass is 267 g/mol. The van der Waals surface area contributed by atoms with Crippen LogP contribution < -0.4 is 5.32 Å². The van der Waals surface area contributed by atoms with Crippen molar-refractivity contribution in [3.63, 3.8) is 0 Å². The number of carbonyl (C=O) groups excluding carboxylic acids is 1. The number of nitrogens with one attached hydrogen (secondary N) is 1. The maximum Gasteiger partial charge on any atom is 0.411 e. The zero-order valence-electron chi connectivity index (χ0n) is 9.80. The highest BCUT2D eigenvalue weighted by molar-refractivity contribution is 7.98. The zero-order chi connectivity index (χ0) is 13.5. The summed E-state index contributed by atoms with van der Waals surface area (Å²) in [6.07, 6.45) is 2.51. The Morgan fingerprint density at radius 1 is 1.56 bits per heavy atom. The Balaban J connectivity index is 3.01. The Kier molecular flexibility index (Phi) is 5.26. The molecule has 1 aromatic rings. The number of anilines is 1. The van der Waals surface area contributed by atoms with Gasteiger partial charge in [0, 0.05) is 4.90 Å². The number of carbonyl (C=O) groups is 2. The molecule has 0 radical (unpaired) electrons. The Labute approximate surface area is 109 Å². The van der Waals surface area contributed by atoms with Crippen molar-refractivity contribution in [2.45, 2.75) is 4.90 Å². The van der Waals surface area contributed by atoms with Gasteiger partial charge < -0.3 is 9.84 Å². The van der Waals surface area contributed by atoms with Crippen molar-refractivity contribution in [1.29, 1.82) is 0 Å². The first-order valence-corrected chi connectivity index (χ1v) is 6.27. The highest BCUT2D eigenvalue weighted by atomic mass is 32.2. The van der Waals surface area contributed by atoms with Crippen molar-refractivity contribution >= 4 is 29.5 Å². The Bertz CT molecular complexity index is 473. The largest absolute Gasteiger partial charge is 0.478 e. The SMILES string of the molecule is C=CCOC(=O)Nc1c(SC)cccc1C(=O)O. The van der Waals surface area contributed by atoms with Gasteiger partial charge in [-0.1, -0.05) is 18.7 Å². The second kappa shape index (κ2) is 6.70. The van der Waals surface area contributed by atoms with Crippen molar-refractivity contribution in [3.8, 4) is 0 Å². The molecule has 0 aromatic heterocycles. The van der Waals surface area contributed by atoms with Crippen LogP contribution in [0.3, 0.4) is 0 Å². The molecule has 96 valence electrons. The first-order valence-electron chi connectivity index (χ1n) is 5.05. The average Bonchev–Trinajstić information content (AvgIpc) is 2.36. The van der Waals surface area contributed by atoms with Crippen LogP contribution in [0.15, 0.2) is 35.7 Å². The van der Waals surface area contributed by atoms with E-state index in [1.807, 2.05) is 0 Å². The van der Waals surface area contributed by atoms with Gasteiger partial charge in [-0.15, -0.1) is 11.8 Å². The molecular weight excluding hydrogens is 254 g/mol. The standard InChI is InChI=1S/C12H13NO4S/c1-3-7-17-12(16)13-10-8(11(14)15)5-4-6-9(10)18-2/h3-6H,1,7H2,2H3,(H,13,16)(H,14,15). The molecule has 0 aliphatic rings. The fraction of sp³-hybridized carbons (Fsp3) is 0.167. The van der Waals surface area contributed by atoms with E-state index in [0.29, 0.717) is 4.90 Å². The number of amides is 1. The maximum atomic E-state index is 11.4. The minimum absolute atomic E-state index is 0.0254. The number of rotatable bonds is 5. The quantitative estimate of drug-likeness (QED) is 0.633. The predicted octanol–water partition coefficient (Wildman–Crippen LogP) is 2.84. The van der Waals surface area contributed by atoms with Gasteiger partial charge in [0.1, 0.15) is 6.61 Å². The molecule has 5 nitrogen and oxygen atoms in total. The molecule has 1 amide bonds. The first-order chi connectivity index (χ1) is 8.60. The van der Waals surface area contributed by atoms with E-state index in [4.69, 9.17) is 9.84 Å². The van der Waals surface area contributed by atoms with E-state index >= 15 is 0 Å². The van der Waals surface area contributed by atoms with E-state index < -0.39 is 12.1 Å². The summed E-state index contributed by atoms with van der Waals surface area (Å²) in [7, 11) is 0. The second-order valence-corrected chi connectivity index (χ2v) is 4.05. The van der Waals surface area contributed by atoms with Gasteiger partial charge >= 0.3 is 12.1 Å². The van der Waals surface area contributed by atoms with E-state index in [1.54, 1.807) is 18.4 Å². The van der Waals surface area contributed by atoms with Gasteiger partial charge in [0.15, 0.2) is 0 Å². The van der Waals surface area contributed by atoms with Gasteiger partial charge in [0.05, 0.1) is 11.3 Å². The molecule has 18 heavy (non-hydrogen) atoms. The number of benzene rings is 1. The van der Waals surface area contributed by atoms with Crippen molar-refractivity contribution in [1.82, 2.24) is 0 Å². The number of carboxylic acids is 1.